The van der Waals surface area contributed by atoms with Crippen LogP contribution in [0.5, 0.6) is 0 Å². The number of nitrogens with zero attached hydrogens (tertiary/aromatic N) is 2. The van der Waals surface area contributed by atoms with Gasteiger partial charge in [-0.05, 0) is 37.4 Å². The molecule has 3 heterocycles. The number of sulfonamides is 1. The summed E-state index contributed by atoms with van der Waals surface area (Å²) in [6.07, 6.45) is 1.60. The summed E-state index contributed by atoms with van der Waals surface area (Å²) in [4.78, 5) is 23.2. The van der Waals surface area contributed by atoms with Crippen molar-refractivity contribution in [1.29, 1.82) is 0 Å². The molecular formula is C17H19N5O3S2. The van der Waals surface area contributed by atoms with Crippen molar-refractivity contribution >= 4 is 27.2 Å². The Morgan fingerprint density at radius 3 is 2.63 bits per heavy atom. The fraction of sp³-hybridized carbons (Fsp3) is 0.235. The molecule has 3 aromatic heterocycles. The van der Waals surface area contributed by atoms with Gasteiger partial charge in [0.2, 0.25) is 10.0 Å². The maximum absolute atomic E-state index is 12.0. The molecule has 0 fully saturated rings. The Kier molecular flexibility index (Phi) is 5.68. The third-order valence-corrected chi connectivity index (χ3v) is 6.77. The number of H-pyrrole nitrogens is 1. The summed E-state index contributed by atoms with van der Waals surface area (Å²) in [5.41, 5.74) is 1.79. The van der Waals surface area contributed by atoms with Gasteiger partial charge in [0.05, 0.1) is 0 Å². The highest BCUT2D eigenvalue weighted by Crippen LogP contribution is 2.16. The SMILES string of the molecule is Cc1nc(-c2ccc(NCCNS(=O)(=O)c3cccs3)nc2)[nH]c(=O)c1C. The largest absolute Gasteiger partial charge is 0.369 e. The third kappa shape index (κ3) is 4.59. The van der Waals surface area contributed by atoms with E-state index in [1.54, 1.807) is 49.7 Å². The number of rotatable bonds is 7. The Hall–Kier alpha value is -2.56. The van der Waals surface area contributed by atoms with Crippen LogP contribution in [0, 0.1) is 13.8 Å². The van der Waals surface area contributed by atoms with Gasteiger partial charge >= 0.3 is 0 Å². The number of hydrogen-bond acceptors (Lipinski definition) is 7. The van der Waals surface area contributed by atoms with Crippen molar-refractivity contribution < 1.29 is 8.42 Å². The Balaban J connectivity index is 1.58. The van der Waals surface area contributed by atoms with Gasteiger partial charge in [-0.2, -0.15) is 0 Å². The number of aromatic nitrogens is 3. The number of nitrogens with one attached hydrogen (secondary N) is 3. The first-order valence-corrected chi connectivity index (χ1v) is 10.5. The highest BCUT2D eigenvalue weighted by Gasteiger charge is 2.13. The summed E-state index contributed by atoms with van der Waals surface area (Å²) in [5.74, 6) is 1.06. The molecular weight excluding hydrogens is 386 g/mol. The van der Waals surface area contributed by atoms with E-state index in [0.29, 0.717) is 39.2 Å². The molecule has 10 heteroatoms. The quantitative estimate of drug-likeness (QED) is 0.517. The Morgan fingerprint density at radius 2 is 2.00 bits per heavy atom. The van der Waals surface area contributed by atoms with Gasteiger partial charge in [0, 0.05) is 36.1 Å². The predicted molar refractivity (Wildman–Crippen MR) is 106 cm³/mol. The van der Waals surface area contributed by atoms with Gasteiger partial charge in [0.25, 0.3) is 5.56 Å². The molecule has 27 heavy (non-hydrogen) atoms. The van der Waals surface area contributed by atoms with Crippen molar-refractivity contribution in [2.45, 2.75) is 18.1 Å². The number of pyridine rings is 1. The summed E-state index contributed by atoms with van der Waals surface area (Å²) < 4.78 is 26.8. The molecule has 0 radical (unpaired) electrons. The fourth-order valence-corrected chi connectivity index (χ4v) is 4.35. The zero-order chi connectivity index (χ0) is 19.4. The molecule has 3 rings (SSSR count). The van der Waals surface area contributed by atoms with Crippen LogP contribution in [0.25, 0.3) is 11.4 Å². The zero-order valence-electron chi connectivity index (χ0n) is 14.8. The van der Waals surface area contributed by atoms with Crippen molar-refractivity contribution in [2.24, 2.45) is 0 Å². The van der Waals surface area contributed by atoms with Gasteiger partial charge in [0.15, 0.2) is 0 Å². The van der Waals surface area contributed by atoms with Crippen LogP contribution in [0.3, 0.4) is 0 Å². The summed E-state index contributed by atoms with van der Waals surface area (Å²) in [7, 11) is -3.46. The Morgan fingerprint density at radius 1 is 1.19 bits per heavy atom. The molecule has 0 aliphatic heterocycles. The molecule has 0 aliphatic carbocycles. The molecule has 8 nitrogen and oxygen atoms in total. The molecule has 142 valence electrons. The molecule has 0 unspecified atom stereocenters. The zero-order valence-corrected chi connectivity index (χ0v) is 16.4. The lowest BCUT2D eigenvalue weighted by Crippen LogP contribution is -2.28. The van der Waals surface area contributed by atoms with E-state index in [4.69, 9.17) is 0 Å². The maximum atomic E-state index is 12.0. The van der Waals surface area contributed by atoms with Gasteiger partial charge in [-0.1, -0.05) is 6.07 Å². The summed E-state index contributed by atoms with van der Waals surface area (Å²) in [5, 5.41) is 4.76. The second-order valence-corrected chi connectivity index (χ2v) is 8.76. The first kappa shape index (κ1) is 19.2. The van der Waals surface area contributed by atoms with Gasteiger partial charge < -0.3 is 10.3 Å². The van der Waals surface area contributed by atoms with Gasteiger partial charge in [0.1, 0.15) is 15.9 Å². The lowest BCUT2D eigenvalue weighted by Gasteiger charge is -2.08. The standard InChI is InChI=1S/C17H19N5O3S2/c1-11-12(2)21-16(22-17(11)23)13-5-6-14(19-10-13)18-7-8-20-27(24,25)15-4-3-9-26-15/h3-6,9-10,20H,7-8H2,1-2H3,(H,18,19)(H,21,22,23). The van der Waals surface area contributed by atoms with E-state index in [0.717, 1.165) is 0 Å². The van der Waals surface area contributed by atoms with Crippen LogP contribution in [0.15, 0.2) is 44.8 Å². The summed E-state index contributed by atoms with van der Waals surface area (Å²) in [6, 6.07) is 6.79. The van der Waals surface area contributed by atoms with Crippen LogP contribution >= 0.6 is 11.3 Å². The van der Waals surface area contributed by atoms with Gasteiger partial charge in [-0.3, -0.25) is 4.79 Å². The van der Waals surface area contributed by atoms with E-state index in [-0.39, 0.29) is 12.1 Å². The molecule has 0 saturated carbocycles. The molecule has 0 amide bonds. The normalized spacial score (nSPS) is 11.5. The van der Waals surface area contributed by atoms with E-state index in [1.807, 2.05) is 0 Å². The second kappa shape index (κ2) is 7.99. The molecule has 0 saturated heterocycles. The van der Waals surface area contributed by atoms with E-state index < -0.39 is 10.0 Å². The highest BCUT2D eigenvalue weighted by atomic mass is 32.2. The van der Waals surface area contributed by atoms with Crippen LogP contribution in [-0.2, 0) is 10.0 Å². The molecule has 0 atom stereocenters. The van der Waals surface area contributed by atoms with Crippen molar-refractivity contribution in [3.05, 3.63) is 57.5 Å². The predicted octanol–water partition coefficient (Wildman–Crippen LogP) is 1.90. The minimum absolute atomic E-state index is 0.169. The Labute approximate surface area is 160 Å². The van der Waals surface area contributed by atoms with Crippen LogP contribution in [0.1, 0.15) is 11.3 Å². The van der Waals surface area contributed by atoms with Gasteiger partial charge in [-0.15, -0.1) is 11.3 Å². The minimum atomic E-state index is -3.46. The maximum Gasteiger partial charge on any atom is 0.254 e. The van der Waals surface area contributed by atoms with Crippen LogP contribution < -0.4 is 15.6 Å². The van der Waals surface area contributed by atoms with E-state index in [9.17, 15) is 13.2 Å². The first-order valence-electron chi connectivity index (χ1n) is 8.18. The molecule has 3 aromatic rings. The van der Waals surface area contributed by atoms with Crippen LogP contribution in [0.4, 0.5) is 5.82 Å². The molecule has 0 bridgehead atoms. The number of thiophene rings is 1. The number of anilines is 1. The van der Waals surface area contributed by atoms with Crippen molar-refractivity contribution in [2.75, 3.05) is 18.4 Å². The topological polar surface area (TPSA) is 117 Å². The van der Waals surface area contributed by atoms with Crippen molar-refractivity contribution in [3.8, 4) is 11.4 Å². The van der Waals surface area contributed by atoms with E-state index in [2.05, 4.69) is 25.0 Å². The average molecular weight is 406 g/mol. The van der Waals surface area contributed by atoms with Crippen LogP contribution in [-0.4, -0.2) is 36.5 Å². The number of hydrogen-bond donors (Lipinski definition) is 3. The average Bonchev–Trinajstić information content (AvgIpc) is 3.19. The smallest absolute Gasteiger partial charge is 0.254 e. The molecule has 0 aliphatic rings. The van der Waals surface area contributed by atoms with Crippen molar-refractivity contribution in [1.82, 2.24) is 19.7 Å². The molecule has 0 aromatic carbocycles. The van der Waals surface area contributed by atoms with E-state index in [1.165, 1.54) is 11.3 Å². The van der Waals surface area contributed by atoms with Crippen LogP contribution in [0.2, 0.25) is 0 Å². The number of aromatic amines is 1. The lowest BCUT2D eigenvalue weighted by molar-refractivity contribution is 0.585. The summed E-state index contributed by atoms with van der Waals surface area (Å²) in [6.45, 7) is 4.13. The highest BCUT2D eigenvalue weighted by molar-refractivity contribution is 7.91. The second-order valence-electron chi connectivity index (χ2n) is 5.81. The molecule has 0 spiro atoms. The van der Waals surface area contributed by atoms with E-state index >= 15 is 0 Å². The molecule has 3 N–H and O–H groups in total. The lowest BCUT2D eigenvalue weighted by atomic mass is 10.2. The third-order valence-electron chi connectivity index (χ3n) is 3.91. The minimum Gasteiger partial charge on any atom is -0.369 e. The fourth-order valence-electron chi connectivity index (χ4n) is 2.28. The van der Waals surface area contributed by atoms with Crippen molar-refractivity contribution in [3.63, 3.8) is 0 Å². The Bertz CT molecular complexity index is 1070. The summed E-state index contributed by atoms with van der Waals surface area (Å²) >= 11 is 1.17. The first-order chi connectivity index (χ1) is 12.9. The monoisotopic (exact) mass is 405 g/mol. The van der Waals surface area contributed by atoms with Gasteiger partial charge in [-0.25, -0.2) is 23.1 Å². The number of aryl methyl sites for hydroxylation is 1.